The van der Waals surface area contributed by atoms with Crippen LogP contribution in [0.1, 0.15) is 0 Å². The minimum Gasteiger partial charge on any atom is -1.00 e. The summed E-state index contributed by atoms with van der Waals surface area (Å²) in [7, 11) is 4.16. The first-order valence-corrected chi connectivity index (χ1v) is 6.19. The largest absolute Gasteiger partial charge is 1.00 e. The van der Waals surface area contributed by atoms with Crippen molar-refractivity contribution in [3.63, 3.8) is 0 Å². The van der Waals surface area contributed by atoms with Crippen molar-refractivity contribution in [3.05, 3.63) is 24.3 Å². The van der Waals surface area contributed by atoms with Gasteiger partial charge in [-0.15, -0.1) is 5.10 Å². The van der Waals surface area contributed by atoms with E-state index in [1.807, 2.05) is 19.2 Å². The molecule has 0 aliphatic carbocycles. The van der Waals surface area contributed by atoms with Gasteiger partial charge in [-0.1, -0.05) is 17.0 Å². The van der Waals surface area contributed by atoms with Gasteiger partial charge < -0.3 is 22.5 Å². The van der Waals surface area contributed by atoms with Crippen molar-refractivity contribution in [1.29, 1.82) is 0 Å². The number of hydrogen-bond donors (Lipinski definition) is 2. The molecule has 1 aliphatic rings. The van der Waals surface area contributed by atoms with Crippen LogP contribution in [0.3, 0.4) is 0 Å². The highest BCUT2D eigenvalue weighted by molar-refractivity contribution is 6.19. The highest BCUT2D eigenvalue weighted by atomic mass is 35.5. The maximum Gasteiger partial charge on any atom is 0.221 e. The molecular weight excluding hydrogens is 289 g/mol. The molecule has 8 heteroatoms. The van der Waals surface area contributed by atoms with E-state index in [1.165, 1.54) is 11.4 Å². The van der Waals surface area contributed by atoms with E-state index in [0.29, 0.717) is 11.0 Å². The number of nitrogens with zero attached hydrogens (tertiary/aromatic N) is 4. The summed E-state index contributed by atoms with van der Waals surface area (Å²) < 4.78 is 0. The van der Waals surface area contributed by atoms with Crippen molar-refractivity contribution in [1.82, 2.24) is 20.1 Å². The lowest BCUT2D eigenvalue weighted by molar-refractivity contribution is -0.883. The summed E-state index contributed by atoms with van der Waals surface area (Å²) in [6, 6.07) is 7.19. The maximum atomic E-state index is 8.95. The molecule has 2 aromatic rings. The number of aromatic nitrogens is 3. The van der Waals surface area contributed by atoms with Gasteiger partial charge in [0.05, 0.1) is 20.1 Å². The molecule has 19 heavy (non-hydrogen) atoms. The number of nitrogens with one attached hydrogen (secondary N) is 1. The number of para-hydroxylation sites is 1. The molecule has 0 spiro atoms. The van der Waals surface area contributed by atoms with Gasteiger partial charge in [0, 0.05) is 0 Å². The Morgan fingerprint density at radius 3 is 2.58 bits per heavy atom. The summed E-state index contributed by atoms with van der Waals surface area (Å²) in [6.07, 6.45) is 0. The first-order valence-electron chi connectivity index (χ1n) is 5.76. The fourth-order valence-electron chi connectivity index (χ4n) is 1.82. The van der Waals surface area contributed by atoms with E-state index in [9.17, 15) is 0 Å². The zero-order chi connectivity index (χ0) is 13.1. The third-order valence-electron chi connectivity index (χ3n) is 2.99. The second-order valence-electron chi connectivity index (χ2n) is 4.38. The average molecular weight is 306 g/mol. The van der Waals surface area contributed by atoms with Gasteiger partial charge in [-0.05, 0) is 36.0 Å². The number of hydrogen-bond acceptors (Lipinski definition) is 4. The smallest absolute Gasteiger partial charge is 0.221 e. The standard InChI is InChI=1S/C6H5N3O.C5H11ClN2.ClH/c10-9-6-4-2-1-3-5(6)7-8-9;1-7-3-4-8(2)5(7)6;/h1-4,10H;5H,3-4H2,1-2H3;1H. The second kappa shape index (κ2) is 6.91. The quantitative estimate of drug-likeness (QED) is 0.303. The van der Waals surface area contributed by atoms with Crippen molar-refractivity contribution in [3.8, 4) is 0 Å². The van der Waals surface area contributed by atoms with Crippen LogP contribution in [0.5, 0.6) is 0 Å². The Kier molecular flexibility index (Phi) is 5.81. The second-order valence-corrected chi connectivity index (χ2v) is 4.79. The molecule has 0 bridgehead atoms. The molecule has 6 nitrogen and oxygen atoms in total. The van der Waals surface area contributed by atoms with Crippen LogP contribution in [-0.2, 0) is 0 Å². The number of rotatable bonds is 0. The van der Waals surface area contributed by atoms with Crippen LogP contribution in [0, 0.1) is 0 Å². The highest BCUT2D eigenvalue weighted by Crippen LogP contribution is 2.06. The van der Waals surface area contributed by atoms with Gasteiger partial charge in [0.1, 0.15) is 11.0 Å². The highest BCUT2D eigenvalue weighted by Gasteiger charge is 2.27. The molecule has 1 fully saturated rings. The molecule has 1 saturated heterocycles. The van der Waals surface area contributed by atoms with E-state index in [-0.39, 0.29) is 18.0 Å². The van der Waals surface area contributed by atoms with E-state index in [4.69, 9.17) is 16.8 Å². The van der Waals surface area contributed by atoms with Crippen LogP contribution >= 0.6 is 11.6 Å². The topological polar surface area (TPSA) is 58.6 Å². The first kappa shape index (κ1) is 16.0. The van der Waals surface area contributed by atoms with E-state index in [1.54, 1.807) is 12.1 Å². The minimum atomic E-state index is 0. The molecule has 2 unspecified atom stereocenters. The van der Waals surface area contributed by atoms with Crippen molar-refractivity contribution in [2.45, 2.75) is 5.62 Å². The van der Waals surface area contributed by atoms with Gasteiger partial charge in [-0.25, -0.2) is 4.90 Å². The number of benzene rings is 1. The average Bonchev–Trinajstić information content (AvgIpc) is 2.90. The summed E-state index contributed by atoms with van der Waals surface area (Å²) >= 11 is 5.90. The number of alkyl halides is 1. The van der Waals surface area contributed by atoms with Gasteiger partial charge in [0.2, 0.25) is 5.62 Å². The van der Waals surface area contributed by atoms with E-state index >= 15 is 0 Å². The van der Waals surface area contributed by atoms with Crippen LogP contribution in [0.15, 0.2) is 24.3 Å². The summed E-state index contributed by atoms with van der Waals surface area (Å²) in [5.74, 6) is 0. The minimum absolute atomic E-state index is 0. The lowest BCUT2D eigenvalue weighted by atomic mass is 10.3. The lowest BCUT2D eigenvalue weighted by Gasteiger charge is -2.12. The van der Waals surface area contributed by atoms with Crippen LogP contribution in [0.4, 0.5) is 0 Å². The summed E-state index contributed by atoms with van der Waals surface area (Å²) in [4.78, 5) is 4.31. The Bertz CT molecular complexity index is 511. The Morgan fingerprint density at radius 2 is 2.11 bits per heavy atom. The van der Waals surface area contributed by atoms with Crippen molar-refractivity contribution in [2.75, 3.05) is 27.2 Å². The Balaban J connectivity index is 0.000000185. The SMILES string of the molecule is CN1CC[NH+](C)C1Cl.On1nnc2ccccc21.[Cl-]. The molecule has 1 aliphatic heterocycles. The lowest BCUT2D eigenvalue weighted by Crippen LogP contribution is -3.10. The maximum absolute atomic E-state index is 8.95. The van der Waals surface area contributed by atoms with Gasteiger partial charge in [-0.3, -0.25) is 0 Å². The van der Waals surface area contributed by atoms with E-state index < -0.39 is 0 Å². The fraction of sp³-hybridized carbons (Fsp3) is 0.455. The van der Waals surface area contributed by atoms with Gasteiger partial charge in [-0.2, -0.15) is 0 Å². The van der Waals surface area contributed by atoms with Gasteiger partial charge in [0.25, 0.3) is 0 Å². The molecule has 3 rings (SSSR count). The summed E-state index contributed by atoms with van der Waals surface area (Å²) in [5.41, 5.74) is 1.53. The van der Waals surface area contributed by atoms with Crippen LogP contribution in [-0.4, -0.2) is 58.1 Å². The number of likely N-dealkylation sites (N-methyl/N-ethyl adjacent to an activating group) is 2. The molecule has 2 N–H and O–H groups in total. The van der Waals surface area contributed by atoms with Crippen LogP contribution in [0.2, 0.25) is 0 Å². The Labute approximate surface area is 122 Å². The van der Waals surface area contributed by atoms with Crippen LogP contribution < -0.4 is 17.3 Å². The molecule has 0 radical (unpaired) electrons. The molecular formula is C11H17Cl2N5O. The number of quaternary nitrogens is 1. The molecule has 106 valence electrons. The monoisotopic (exact) mass is 305 g/mol. The zero-order valence-corrected chi connectivity index (χ0v) is 12.3. The molecule has 1 aromatic carbocycles. The summed E-state index contributed by atoms with van der Waals surface area (Å²) in [5, 5.41) is 16.1. The van der Waals surface area contributed by atoms with E-state index in [0.717, 1.165) is 11.4 Å². The van der Waals surface area contributed by atoms with Crippen molar-refractivity contribution in [2.24, 2.45) is 0 Å². The predicted octanol–water partition coefficient (Wildman–Crippen LogP) is -3.36. The van der Waals surface area contributed by atoms with E-state index in [2.05, 4.69) is 22.3 Å². The van der Waals surface area contributed by atoms with Crippen LogP contribution in [0.25, 0.3) is 11.0 Å². The van der Waals surface area contributed by atoms with Crippen molar-refractivity contribution < 1.29 is 22.5 Å². The molecule has 2 heterocycles. The number of halogens is 2. The first-order chi connectivity index (χ1) is 8.59. The molecule has 2 atom stereocenters. The molecule has 1 aromatic heterocycles. The molecule has 0 saturated carbocycles. The summed E-state index contributed by atoms with van der Waals surface area (Å²) in [6.45, 7) is 2.30. The van der Waals surface area contributed by atoms with Crippen molar-refractivity contribution >= 4 is 22.6 Å². The number of fused-ring (bicyclic) bond motifs is 1. The Morgan fingerprint density at radius 1 is 1.42 bits per heavy atom. The third kappa shape index (κ3) is 3.70. The normalized spacial score (nSPS) is 22.7. The molecule has 0 amide bonds. The zero-order valence-electron chi connectivity index (χ0n) is 10.8. The Hall–Kier alpha value is -1.08. The predicted molar refractivity (Wildman–Crippen MR) is 68.7 cm³/mol. The van der Waals surface area contributed by atoms with Gasteiger partial charge in [0.15, 0.2) is 0 Å². The fourth-order valence-corrected chi connectivity index (χ4v) is 2.02. The van der Waals surface area contributed by atoms with Gasteiger partial charge >= 0.3 is 0 Å². The third-order valence-corrected chi connectivity index (χ3v) is 3.69.